The number of benzene rings is 2. The van der Waals surface area contributed by atoms with E-state index in [2.05, 4.69) is 37.0 Å². The molecule has 0 saturated heterocycles. The average Bonchev–Trinajstić information content (AvgIpc) is 2.76. The normalized spacial score (nSPS) is 15.2. The number of rotatable bonds is 4. The van der Waals surface area contributed by atoms with Crippen LogP contribution in [-0.2, 0) is 0 Å². The van der Waals surface area contributed by atoms with E-state index < -0.39 is 0 Å². The molecule has 0 spiro atoms. The zero-order valence-corrected chi connectivity index (χ0v) is 19.6. The predicted octanol–water partition coefficient (Wildman–Crippen LogP) is 5.57. The number of ether oxygens (including phenoxy) is 1. The first-order valence-electron chi connectivity index (χ1n) is 9.81. The number of fused-ring (bicyclic) bond motifs is 1. The Morgan fingerprint density at radius 2 is 1.97 bits per heavy atom. The van der Waals surface area contributed by atoms with Gasteiger partial charge in [0.2, 0.25) is 0 Å². The Bertz CT molecular complexity index is 1180. The van der Waals surface area contributed by atoms with Gasteiger partial charge in [-0.25, -0.2) is 4.98 Å². The fourth-order valence-corrected chi connectivity index (χ4v) is 4.67. The minimum Gasteiger partial charge on any atom is -0.503 e. The van der Waals surface area contributed by atoms with Crippen molar-refractivity contribution in [3.8, 4) is 11.5 Å². The third-order valence-electron chi connectivity index (χ3n) is 5.40. The summed E-state index contributed by atoms with van der Waals surface area (Å²) in [4.78, 5) is 18.2. The van der Waals surface area contributed by atoms with Crippen molar-refractivity contribution in [3.63, 3.8) is 0 Å². The van der Waals surface area contributed by atoms with E-state index >= 15 is 0 Å². The first-order valence-corrected chi connectivity index (χ1v) is 11.4. The Labute approximate surface area is 190 Å². The largest absolute Gasteiger partial charge is 0.503 e. The second-order valence-electron chi connectivity index (χ2n) is 7.38. The van der Waals surface area contributed by atoms with Gasteiger partial charge in [-0.05, 0) is 64.7 Å². The minimum atomic E-state index is -0.192. The van der Waals surface area contributed by atoms with Crippen LogP contribution in [0, 0.1) is 0 Å². The van der Waals surface area contributed by atoms with E-state index in [1.54, 1.807) is 24.4 Å². The number of hydrogen-bond donors (Lipinski definition) is 1. The van der Waals surface area contributed by atoms with Crippen molar-refractivity contribution in [2.75, 3.05) is 7.11 Å². The van der Waals surface area contributed by atoms with Gasteiger partial charge in [0, 0.05) is 10.4 Å². The Morgan fingerprint density at radius 1 is 1.20 bits per heavy atom. The van der Waals surface area contributed by atoms with Crippen molar-refractivity contribution in [3.05, 3.63) is 61.0 Å². The highest BCUT2D eigenvalue weighted by atomic mass is 79.9. The number of methoxy groups -OCH3 is 1. The first kappa shape index (κ1) is 21.1. The smallest absolute Gasteiger partial charge is 0.282 e. The Morgan fingerprint density at radius 3 is 2.70 bits per heavy atom. The molecule has 156 valence electrons. The summed E-state index contributed by atoms with van der Waals surface area (Å²) in [6, 6.07) is 8.93. The van der Waals surface area contributed by atoms with Crippen molar-refractivity contribution >= 4 is 49.0 Å². The predicted molar refractivity (Wildman–Crippen MR) is 125 cm³/mol. The molecule has 1 aromatic heterocycles. The molecule has 8 heteroatoms. The van der Waals surface area contributed by atoms with Crippen molar-refractivity contribution in [2.24, 2.45) is 5.10 Å². The van der Waals surface area contributed by atoms with Crippen molar-refractivity contribution in [2.45, 2.75) is 38.0 Å². The Hall–Kier alpha value is -2.19. The lowest BCUT2D eigenvalue weighted by Gasteiger charge is -2.22. The highest BCUT2D eigenvalue weighted by Crippen LogP contribution is 2.35. The number of phenolic OH excluding ortho intramolecular Hbond substituents is 1. The highest BCUT2D eigenvalue weighted by Gasteiger charge is 2.22. The lowest BCUT2D eigenvalue weighted by atomic mass is 9.88. The maximum absolute atomic E-state index is 13.3. The summed E-state index contributed by atoms with van der Waals surface area (Å²) in [6.45, 7) is 0. The fraction of sp³-hybridized carbons (Fsp3) is 0.318. The van der Waals surface area contributed by atoms with Crippen LogP contribution in [0.4, 0.5) is 0 Å². The number of phenols is 1. The molecular weight excluding hydrogens is 514 g/mol. The van der Waals surface area contributed by atoms with Crippen LogP contribution in [0.3, 0.4) is 0 Å². The van der Waals surface area contributed by atoms with Gasteiger partial charge in [0.25, 0.3) is 5.56 Å². The van der Waals surface area contributed by atoms with Crippen LogP contribution in [0.25, 0.3) is 10.9 Å². The summed E-state index contributed by atoms with van der Waals surface area (Å²) in [6.07, 6.45) is 7.07. The van der Waals surface area contributed by atoms with Gasteiger partial charge in [-0.1, -0.05) is 35.2 Å². The van der Waals surface area contributed by atoms with Gasteiger partial charge in [-0.15, -0.1) is 0 Å². The van der Waals surface area contributed by atoms with Crippen LogP contribution in [0.2, 0.25) is 0 Å². The average molecular weight is 535 g/mol. The second-order valence-corrected chi connectivity index (χ2v) is 9.15. The molecule has 1 aliphatic carbocycles. The van der Waals surface area contributed by atoms with Crippen molar-refractivity contribution in [1.29, 1.82) is 0 Å². The van der Waals surface area contributed by atoms with Gasteiger partial charge >= 0.3 is 0 Å². The van der Waals surface area contributed by atoms with E-state index in [1.165, 1.54) is 18.2 Å². The standard InChI is InChI=1S/C22H21Br2N3O3/c1-30-19-10-13(9-17(24)20(19)28)12-25-27-21(14-5-3-2-4-6-14)26-18-8-7-15(23)11-16(18)22(27)29/h7-12,14,28H,2-6H2,1H3. The summed E-state index contributed by atoms with van der Waals surface area (Å²) >= 11 is 6.75. The molecule has 6 nitrogen and oxygen atoms in total. The lowest BCUT2D eigenvalue weighted by molar-refractivity contribution is 0.372. The zero-order chi connectivity index (χ0) is 21.3. The molecule has 0 bridgehead atoms. The molecule has 1 N–H and O–H groups in total. The molecule has 0 atom stereocenters. The molecule has 1 saturated carbocycles. The molecule has 0 unspecified atom stereocenters. The molecule has 30 heavy (non-hydrogen) atoms. The summed E-state index contributed by atoms with van der Waals surface area (Å²) in [5, 5.41) is 15.1. The van der Waals surface area contributed by atoms with Crippen LogP contribution >= 0.6 is 31.9 Å². The molecule has 1 fully saturated rings. The molecule has 2 aromatic carbocycles. The quantitative estimate of drug-likeness (QED) is 0.444. The van der Waals surface area contributed by atoms with E-state index in [-0.39, 0.29) is 17.2 Å². The number of halogens is 2. The molecule has 0 amide bonds. The van der Waals surface area contributed by atoms with Gasteiger partial charge < -0.3 is 9.84 Å². The first-order chi connectivity index (χ1) is 14.5. The molecule has 0 aliphatic heterocycles. The highest BCUT2D eigenvalue weighted by molar-refractivity contribution is 9.10. The SMILES string of the molecule is COc1cc(C=Nn2c(C3CCCCC3)nc3ccc(Br)cc3c2=O)cc(Br)c1O. The van der Waals surface area contributed by atoms with Crippen LogP contribution in [0.15, 0.2) is 49.2 Å². The van der Waals surface area contributed by atoms with E-state index in [4.69, 9.17) is 9.72 Å². The van der Waals surface area contributed by atoms with Crippen LogP contribution < -0.4 is 10.3 Å². The topological polar surface area (TPSA) is 76.7 Å². The summed E-state index contributed by atoms with van der Waals surface area (Å²) in [5.74, 6) is 1.26. The van der Waals surface area contributed by atoms with Crippen LogP contribution in [0.5, 0.6) is 11.5 Å². The molecule has 4 rings (SSSR count). The van der Waals surface area contributed by atoms with Gasteiger partial charge in [0.1, 0.15) is 5.82 Å². The Balaban J connectivity index is 1.86. The zero-order valence-electron chi connectivity index (χ0n) is 16.4. The number of nitrogens with zero attached hydrogens (tertiary/aromatic N) is 3. The van der Waals surface area contributed by atoms with Gasteiger partial charge in [0.15, 0.2) is 11.5 Å². The van der Waals surface area contributed by atoms with Gasteiger partial charge in [0.05, 0.1) is 28.7 Å². The number of hydrogen-bond acceptors (Lipinski definition) is 5. The van der Waals surface area contributed by atoms with Gasteiger partial charge in [-0.3, -0.25) is 4.79 Å². The Kier molecular flexibility index (Phi) is 6.24. The van der Waals surface area contributed by atoms with E-state index in [1.807, 2.05) is 12.1 Å². The van der Waals surface area contributed by atoms with Crippen molar-refractivity contribution in [1.82, 2.24) is 9.66 Å². The summed E-state index contributed by atoms with van der Waals surface area (Å²) in [5.41, 5.74) is 1.18. The van der Waals surface area contributed by atoms with Gasteiger partial charge in [-0.2, -0.15) is 9.78 Å². The maximum atomic E-state index is 13.3. The van der Waals surface area contributed by atoms with E-state index in [0.29, 0.717) is 32.5 Å². The fourth-order valence-electron chi connectivity index (χ4n) is 3.85. The summed E-state index contributed by atoms with van der Waals surface area (Å²) in [7, 11) is 1.49. The minimum absolute atomic E-state index is 0.0203. The monoisotopic (exact) mass is 533 g/mol. The third-order valence-corrected chi connectivity index (χ3v) is 6.49. The number of aromatic nitrogens is 2. The third kappa shape index (κ3) is 4.16. The maximum Gasteiger partial charge on any atom is 0.282 e. The van der Waals surface area contributed by atoms with E-state index in [0.717, 1.165) is 30.2 Å². The van der Waals surface area contributed by atoms with Crippen LogP contribution in [0.1, 0.15) is 49.4 Å². The molecule has 3 aromatic rings. The molecule has 1 aliphatic rings. The second kappa shape index (κ2) is 8.89. The molecule has 1 heterocycles. The molecular formula is C22H21Br2N3O3. The van der Waals surface area contributed by atoms with Crippen molar-refractivity contribution < 1.29 is 9.84 Å². The number of aromatic hydroxyl groups is 1. The lowest BCUT2D eigenvalue weighted by Crippen LogP contribution is -2.25. The van der Waals surface area contributed by atoms with Crippen LogP contribution in [-0.4, -0.2) is 28.1 Å². The summed E-state index contributed by atoms with van der Waals surface area (Å²) < 4.78 is 7.94. The molecule has 0 radical (unpaired) electrons. The van der Waals surface area contributed by atoms with E-state index in [9.17, 15) is 9.90 Å².